The minimum absolute atomic E-state index is 0.0884. The fourth-order valence-corrected chi connectivity index (χ4v) is 4.24. The predicted molar refractivity (Wildman–Crippen MR) is 109 cm³/mol. The summed E-state index contributed by atoms with van der Waals surface area (Å²) < 4.78 is 0. The first-order chi connectivity index (χ1) is 12.8. The van der Waals surface area contributed by atoms with E-state index in [9.17, 15) is 14.4 Å². The zero-order valence-corrected chi connectivity index (χ0v) is 17.4. The lowest BCUT2D eigenvalue weighted by atomic mass is 9.85. The SMILES string of the molecule is CC(C)C[C@H](CCC(=O)[C@H](CCCCN)CCC(=O)C1CCCC1)C(N)=O. The Morgan fingerprint density at radius 1 is 0.926 bits per heavy atom. The van der Waals surface area contributed by atoms with Gasteiger partial charge in [0.2, 0.25) is 5.91 Å². The second-order valence-electron chi connectivity index (χ2n) is 8.70. The number of ketones is 2. The van der Waals surface area contributed by atoms with E-state index in [2.05, 4.69) is 13.8 Å². The zero-order valence-electron chi connectivity index (χ0n) is 17.4. The van der Waals surface area contributed by atoms with Crippen molar-refractivity contribution in [2.45, 2.75) is 90.9 Å². The topological polar surface area (TPSA) is 103 Å². The second kappa shape index (κ2) is 13.0. The third-order valence-corrected chi connectivity index (χ3v) is 5.91. The van der Waals surface area contributed by atoms with Crippen LogP contribution in [0.15, 0.2) is 0 Å². The minimum Gasteiger partial charge on any atom is -0.369 e. The van der Waals surface area contributed by atoms with Crippen LogP contribution in [0.1, 0.15) is 90.9 Å². The summed E-state index contributed by atoms with van der Waals surface area (Å²) in [6.45, 7) is 4.74. The highest BCUT2D eigenvalue weighted by Crippen LogP contribution is 2.29. The van der Waals surface area contributed by atoms with Crippen LogP contribution >= 0.6 is 0 Å². The Kier molecular flexibility index (Phi) is 11.5. The van der Waals surface area contributed by atoms with Crippen molar-refractivity contribution in [3.05, 3.63) is 0 Å². The van der Waals surface area contributed by atoms with Crippen molar-refractivity contribution in [1.29, 1.82) is 0 Å². The Bertz CT molecular complexity index is 470. The fourth-order valence-electron chi connectivity index (χ4n) is 4.24. The van der Waals surface area contributed by atoms with Crippen LogP contribution in [0.25, 0.3) is 0 Å². The van der Waals surface area contributed by atoms with Gasteiger partial charge in [-0.25, -0.2) is 0 Å². The molecule has 0 aromatic carbocycles. The Balaban J connectivity index is 2.55. The number of primary amides is 1. The number of amides is 1. The van der Waals surface area contributed by atoms with E-state index >= 15 is 0 Å². The van der Waals surface area contributed by atoms with Gasteiger partial charge in [0.25, 0.3) is 0 Å². The van der Waals surface area contributed by atoms with Crippen LogP contribution in [-0.2, 0) is 14.4 Å². The molecule has 2 atom stereocenters. The van der Waals surface area contributed by atoms with Gasteiger partial charge in [0, 0.05) is 30.6 Å². The number of hydrogen-bond acceptors (Lipinski definition) is 4. The first-order valence-corrected chi connectivity index (χ1v) is 10.9. The normalized spacial score (nSPS) is 17.2. The molecule has 0 spiro atoms. The molecule has 156 valence electrons. The largest absolute Gasteiger partial charge is 0.369 e. The first kappa shape index (κ1) is 23.8. The molecule has 0 radical (unpaired) electrons. The number of nitrogens with two attached hydrogens (primary N) is 2. The van der Waals surface area contributed by atoms with Gasteiger partial charge in [-0.05, 0) is 57.4 Å². The van der Waals surface area contributed by atoms with Gasteiger partial charge >= 0.3 is 0 Å². The van der Waals surface area contributed by atoms with Crippen LogP contribution in [0.2, 0.25) is 0 Å². The number of carbonyl (C=O) groups is 3. The third-order valence-electron chi connectivity index (χ3n) is 5.91. The maximum atomic E-state index is 12.8. The lowest BCUT2D eigenvalue weighted by molar-refractivity contribution is -0.125. The summed E-state index contributed by atoms with van der Waals surface area (Å²) in [7, 11) is 0. The molecule has 0 unspecified atom stereocenters. The Morgan fingerprint density at radius 2 is 1.56 bits per heavy atom. The van der Waals surface area contributed by atoms with Crippen molar-refractivity contribution < 1.29 is 14.4 Å². The standard InChI is InChI=1S/C22H40N2O3/c1-16(2)15-19(22(24)27)11-13-21(26)18(9-5-6-14-23)10-12-20(25)17-7-3-4-8-17/h16-19H,3-15,23H2,1-2H3,(H2,24,27)/t18-,19+/m1/s1. The van der Waals surface area contributed by atoms with Crippen LogP contribution in [0, 0.1) is 23.7 Å². The molecule has 1 saturated carbocycles. The van der Waals surface area contributed by atoms with E-state index in [0.717, 1.165) is 51.4 Å². The summed E-state index contributed by atoms with van der Waals surface area (Å²) in [5.41, 5.74) is 11.1. The zero-order chi connectivity index (χ0) is 20.2. The monoisotopic (exact) mass is 380 g/mol. The quantitative estimate of drug-likeness (QED) is 0.422. The van der Waals surface area contributed by atoms with Gasteiger partial charge in [0.15, 0.2) is 0 Å². The summed E-state index contributed by atoms with van der Waals surface area (Å²) in [4.78, 5) is 36.8. The molecule has 1 aliphatic carbocycles. The number of hydrogen-bond donors (Lipinski definition) is 2. The lowest BCUT2D eigenvalue weighted by Crippen LogP contribution is -2.26. The molecule has 0 bridgehead atoms. The molecule has 5 nitrogen and oxygen atoms in total. The highest BCUT2D eigenvalue weighted by molar-refractivity contribution is 5.84. The van der Waals surface area contributed by atoms with Crippen LogP contribution in [-0.4, -0.2) is 24.0 Å². The average Bonchev–Trinajstić information content (AvgIpc) is 3.15. The van der Waals surface area contributed by atoms with Crippen LogP contribution < -0.4 is 11.5 Å². The third kappa shape index (κ3) is 9.50. The molecule has 1 rings (SSSR count). The maximum Gasteiger partial charge on any atom is 0.220 e. The van der Waals surface area contributed by atoms with Crippen LogP contribution in [0.3, 0.4) is 0 Å². The van der Waals surface area contributed by atoms with E-state index in [1.54, 1.807) is 0 Å². The van der Waals surface area contributed by atoms with Gasteiger partial charge in [0.1, 0.15) is 11.6 Å². The highest BCUT2D eigenvalue weighted by Gasteiger charge is 2.26. The van der Waals surface area contributed by atoms with Crippen molar-refractivity contribution in [3.63, 3.8) is 0 Å². The van der Waals surface area contributed by atoms with Crippen molar-refractivity contribution >= 4 is 17.5 Å². The van der Waals surface area contributed by atoms with Gasteiger partial charge in [-0.1, -0.05) is 33.1 Å². The van der Waals surface area contributed by atoms with E-state index < -0.39 is 0 Å². The van der Waals surface area contributed by atoms with Gasteiger partial charge in [0.05, 0.1) is 0 Å². The Labute approximate surface area is 165 Å². The van der Waals surface area contributed by atoms with E-state index in [4.69, 9.17) is 11.5 Å². The molecule has 0 saturated heterocycles. The molecule has 1 amide bonds. The smallest absolute Gasteiger partial charge is 0.220 e. The van der Waals surface area contributed by atoms with Gasteiger partial charge < -0.3 is 11.5 Å². The first-order valence-electron chi connectivity index (χ1n) is 10.9. The fraction of sp³-hybridized carbons (Fsp3) is 0.864. The van der Waals surface area contributed by atoms with Crippen LogP contribution in [0.5, 0.6) is 0 Å². The van der Waals surface area contributed by atoms with E-state index in [-0.39, 0.29) is 29.4 Å². The molecular weight excluding hydrogens is 340 g/mol. The van der Waals surface area contributed by atoms with Crippen molar-refractivity contribution in [3.8, 4) is 0 Å². The summed E-state index contributed by atoms with van der Waals surface area (Å²) in [5.74, 6) is 0.470. The summed E-state index contributed by atoms with van der Waals surface area (Å²) >= 11 is 0. The number of Topliss-reactive ketones (excluding diaryl/α,β-unsaturated/α-hetero) is 2. The van der Waals surface area contributed by atoms with Gasteiger partial charge in [-0.3, -0.25) is 14.4 Å². The van der Waals surface area contributed by atoms with Crippen molar-refractivity contribution in [2.24, 2.45) is 35.1 Å². The van der Waals surface area contributed by atoms with Gasteiger partial charge in [-0.15, -0.1) is 0 Å². The summed E-state index contributed by atoms with van der Waals surface area (Å²) in [5, 5.41) is 0. The van der Waals surface area contributed by atoms with Crippen molar-refractivity contribution in [1.82, 2.24) is 0 Å². The van der Waals surface area contributed by atoms with E-state index in [1.165, 1.54) is 0 Å². The molecule has 27 heavy (non-hydrogen) atoms. The molecule has 0 aliphatic heterocycles. The lowest BCUT2D eigenvalue weighted by Gasteiger charge is -2.19. The number of unbranched alkanes of at least 4 members (excludes halogenated alkanes) is 1. The van der Waals surface area contributed by atoms with Crippen LogP contribution in [0.4, 0.5) is 0 Å². The average molecular weight is 381 g/mol. The summed E-state index contributed by atoms with van der Waals surface area (Å²) in [6, 6.07) is 0. The van der Waals surface area contributed by atoms with Crippen molar-refractivity contribution in [2.75, 3.05) is 6.54 Å². The second-order valence-corrected chi connectivity index (χ2v) is 8.70. The summed E-state index contributed by atoms with van der Waals surface area (Å²) in [6.07, 6.45) is 9.72. The molecule has 1 fully saturated rings. The molecule has 0 aromatic rings. The predicted octanol–water partition coefficient (Wildman–Crippen LogP) is 3.77. The maximum absolute atomic E-state index is 12.8. The Morgan fingerprint density at radius 3 is 2.11 bits per heavy atom. The van der Waals surface area contributed by atoms with E-state index in [0.29, 0.717) is 43.9 Å². The molecule has 1 aliphatic rings. The van der Waals surface area contributed by atoms with Gasteiger partial charge in [-0.2, -0.15) is 0 Å². The molecule has 4 N–H and O–H groups in total. The molecular formula is C22H40N2O3. The number of carbonyl (C=O) groups excluding carboxylic acids is 3. The molecule has 0 heterocycles. The Hall–Kier alpha value is -1.23. The number of rotatable bonds is 15. The van der Waals surface area contributed by atoms with E-state index in [1.807, 2.05) is 0 Å². The molecule has 0 aromatic heterocycles. The molecule has 5 heteroatoms. The minimum atomic E-state index is -0.312. The highest BCUT2D eigenvalue weighted by atomic mass is 16.1.